The molecule has 1 fully saturated rings. The SMILES string of the molecule is O=C(O)c1cccnc1CNCCN1CCOCC1. The van der Waals surface area contributed by atoms with Gasteiger partial charge in [-0.15, -0.1) is 0 Å². The number of carbonyl (C=O) groups is 1. The Morgan fingerprint density at radius 3 is 3.00 bits per heavy atom. The van der Waals surface area contributed by atoms with Crippen molar-refractivity contribution in [2.75, 3.05) is 39.4 Å². The van der Waals surface area contributed by atoms with Gasteiger partial charge in [0.2, 0.25) is 0 Å². The second kappa shape index (κ2) is 7.18. The van der Waals surface area contributed by atoms with Crippen LogP contribution in [0.1, 0.15) is 16.1 Å². The summed E-state index contributed by atoms with van der Waals surface area (Å²) in [5.74, 6) is -0.932. The molecule has 0 unspecified atom stereocenters. The standard InChI is InChI=1S/C13H19N3O3/c17-13(18)11-2-1-3-15-12(11)10-14-4-5-16-6-8-19-9-7-16/h1-3,14H,4-10H2,(H,17,18). The van der Waals surface area contributed by atoms with Gasteiger partial charge in [-0.05, 0) is 12.1 Å². The van der Waals surface area contributed by atoms with Crippen LogP contribution in [0.15, 0.2) is 18.3 Å². The van der Waals surface area contributed by atoms with Crippen molar-refractivity contribution >= 4 is 5.97 Å². The molecule has 0 radical (unpaired) electrons. The summed E-state index contributed by atoms with van der Waals surface area (Å²) in [5.41, 5.74) is 0.846. The van der Waals surface area contributed by atoms with Crippen molar-refractivity contribution in [3.8, 4) is 0 Å². The number of hydrogen-bond donors (Lipinski definition) is 2. The Morgan fingerprint density at radius 1 is 1.47 bits per heavy atom. The van der Waals surface area contributed by atoms with Crippen LogP contribution in [0.2, 0.25) is 0 Å². The van der Waals surface area contributed by atoms with Crippen molar-refractivity contribution in [2.45, 2.75) is 6.54 Å². The minimum atomic E-state index is -0.932. The zero-order valence-corrected chi connectivity index (χ0v) is 10.8. The molecule has 0 amide bonds. The van der Waals surface area contributed by atoms with Crippen molar-refractivity contribution in [3.63, 3.8) is 0 Å². The van der Waals surface area contributed by atoms with Gasteiger partial charge < -0.3 is 15.2 Å². The number of nitrogens with one attached hydrogen (secondary N) is 1. The third-order valence-electron chi connectivity index (χ3n) is 3.12. The number of pyridine rings is 1. The molecule has 0 spiro atoms. The fourth-order valence-corrected chi connectivity index (χ4v) is 2.04. The predicted octanol–water partition coefficient (Wildman–Crippen LogP) is 0.202. The molecule has 1 aromatic heterocycles. The molecule has 0 aromatic carbocycles. The summed E-state index contributed by atoms with van der Waals surface area (Å²) in [6.07, 6.45) is 1.62. The van der Waals surface area contributed by atoms with E-state index in [-0.39, 0.29) is 5.56 Å². The average molecular weight is 265 g/mol. The van der Waals surface area contributed by atoms with E-state index in [1.165, 1.54) is 0 Å². The Labute approximate surface area is 112 Å². The van der Waals surface area contributed by atoms with E-state index >= 15 is 0 Å². The highest BCUT2D eigenvalue weighted by molar-refractivity contribution is 5.88. The van der Waals surface area contributed by atoms with Gasteiger partial charge in [-0.25, -0.2) is 4.79 Å². The number of aromatic carboxylic acids is 1. The number of ether oxygens (including phenoxy) is 1. The number of nitrogens with zero attached hydrogens (tertiary/aromatic N) is 2. The van der Waals surface area contributed by atoms with Crippen LogP contribution in [0.3, 0.4) is 0 Å². The zero-order chi connectivity index (χ0) is 13.5. The topological polar surface area (TPSA) is 74.7 Å². The maximum absolute atomic E-state index is 11.0. The van der Waals surface area contributed by atoms with Crippen LogP contribution in [0.25, 0.3) is 0 Å². The van der Waals surface area contributed by atoms with Crippen molar-refractivity contribution in [2.24, 2.45) is 0 Å². The largest absolute Gasteiger partial charge is 0.478 e. The summed E-state index contributed by atoms with van der Waals surface area (Å²) < 4.78 is 5.28. The van der Waals surface area contributed by atoms with E-state index in [0.29, 0.717) is 12.2 Å². The van der Waals surface area contributed by atoms with Gasteiger partial charge >= 0.3 is 5.97 Å². The van der Waals surface area contributed by atoms with Crippen LogP contribution in [0.5, 0.6) is 0 Å². The Balaban J connectivity index is 1.74. The van der Waals surface area contributed by atoms with E-state index < -0.39 is 5.97 Å². The van der Waals surface area contributed by atoms with Crippen LogP contribution < -0.4 is 5.32 Å². The van der Waals surface area contributed by atoms with E-state index in [1.54, 1.807) is 18.3 Å². The Hall–Kier alpha value is -1.50. The van der Waals surface area contributed by atoms with E-state index in [9.17, 15) is 4.79 Å². The fraction of sp³-hybridized carbons (Fsp3) is 0.538. The first-order valence-corrected chi connectivity index (χ1v) is 6.45. The Kier molecular flexibility index (Phi) is 5.26. The quantitative estimate of drug-likeness (QED) is 0.716. The van der Waals surface area contributed by atoms with Gasteiger partial charge in [0.15, 0.2) is 0 Å². The molecule has 1 aliphatic rings. The lowest BCUT2D eigenvalue weighted by Crippen LogP contribution is -2.40. The summed E-state index contributed by atoms with van der Waals surface area (Å²) in [7, 11) is 0. The summed E-state index contributed by atoms with van der Waals surface area (Å²) in [6, 6.07) is 3.22. The van der Waals surface area contributed by atoms with Crippen molar-refractivity contribution in [1.82, 2.24) is 15.2 Å². The highest BCUT2D eigenvalue weighted by Gasteiger charge is 2.11. The molecule has 0 atom stereocenters. The highest BCUT2D eigenvalue weighted by atomic mass is 16.5. The molecule has 0 bridgehead atoms. The minimum absolute atomic E-state index is 0.265. The van der Waals surface area contributed by atoms with E-state index in [0.717, 1.165) is 39.4 Å². The lowest BCUT2D eigenvalue weighted by Gasteiger charge is -2.26. The lowest BCUT2D eigenvalue weighted by atomic mass is 10.2. The first-order valence-electron chi connectivity index (χ1n) is 6.45. The molecule has 1 aromatic rings. The number of aromatic nitrogens is 1. The van der Waals surface area contributed by atoms with Gasteiger partial charge in [0.1, 0.15) is 0 Å². The van der Waals surface area contributed by atoms with Gasteiger partial charge in [-0.1, -0.05) is 0 Å². The number of morpholine rings is 1. The molecule has 1 saturated heterocycles. The van der Waals surface area contributed by atoms with Crippen LogP contribution in [-0.4, -0.2) is 60.4 Å². The summed E-state index contributed by atoms with van der Waals surface area (Å²) in [4.78, 5) is 17.4. The van der Waals surface area contributed by atoms with Gasteiger partial charge in [-0.2, -0.15) is 0 Å². The molecule has 2 heterocycles. The van der Waals surface area contributed by atoms with Gasteiger partial charge in [0.25, 0.3) is 0 Å². The second-order valence-corrected chi connectivity index (χ2v) is 4.43. The normalized spacial score (nSPS) is 16.4. The maximum Gasteiger partial charge on any atom is 0.337 e. The smallest absolute Gasteiger partial charge is 0.337 e. The number of rotatable bonds is 6. The van der Waals surface area contributed by atoms with Crippen molar-refractivity contribution in [3.05, 3.63) is 29.6 Å². The first-order chi connectivity index (χ1) is 9.27. The second-order valence-electron chi connectivity index (χ2n) is 4.43. The maximum atomic E-state index is 11.0. The molecule has 19 heavy (non-hydrogen) atoms. The number of hydrogen-bond acceptors (Lipinski definition) is 5. The third kappa shape index (κ3) is 4.27. The van der Waals surface area contributed by atoms with Crippen molar-refractivity contribution in [1.29, 1.82) is 0 Å². The first kappa shape index (κ1) is 13.9. The molecule has 0 aliphatic carbocycles. The van der Waals surface area contributed by atoms with E-state index in [2.05, 4.69) is 15.2 Å². The Morgan fingerprint density at radius 2 is 2.26 bits per heavy atom. The van der Waals surface area contributed by atoms with E-state index in [4.69, 9.17) is 9.84 Å². The molecule has 0 saturated carbocycles. The van der Waals surface area contributed by atoms with E-state index in [1.807, 2.05) is 0 Å². The van der Waals surface area contributed by atoms with Crippen LogP contribution in [-0.2, 0) is 11.3 Å². The van der Waals surface area contributed by atoms with Crippen LogP contribution >= 0.6 is 0 Å². The molecule has 6 heteroatoms. The third-order valence-corrected chi connectivity index (χ3v) is 3.12. The summed E-state index contributed by atoms with van der Waals surface area (Å²) >= 11 is 0. The molecular formula is C13H19N3O3. The fourth-order valence-electron chi connectivity index (χ4n) is 2.04. The predicted molar refractivity (Wildman–Crippen MR) is 70.2 cm³/mol. The molecule has 104 valence electrons. The molecule has 2 N–H and O–H groups in total. The minimum Gasteiger partial charge on any atom is -0.478 e. The lowest BCUT2D eigenvalue weighted by molar-refractivity contribution is 0.0384. The van der Waals surface area contributed by atoms with Gasteiger partial charge in [-0.3, -0.25) is 9.88 Å². The molecular weight excluding hydrogens is 246 g/mol. The highest BCUT2D eigenvalue weighted by Crippen LogP contribution is 2.04. The Bertz CT molecular complexity index is 419. The monoisotopic (exact) mass is 265 g/mol. The zero-order valence-electron chi connectivity index (χ0n) is 10.8. The van der Waals surface area contributed by atoms with Gasteiger partial charge in [0, 0.05) is 38.9 Å². The van der Waals surface area contributed by atoms with Crippen molar-refractivity contribution < 1.29 is 14.6 Å². The number of carboxylic acid groups (broad SMARTS) is 1. The van der Waals surface area contributed by atoms with Crippen LogP contribution in [0.4, 0.5) is 0 Å². The number of carboxylic acids is 1. The average Bonchev–Trinajstić information content (AvgIpc) is 2.45. The summed E-state index contributed by atoms with van der Waals surface area (Å²) in [5, 5.41) is 12.3. The molecule has 1 aliphatic heterocycles. The van der Waals surface area contributed by atoms with Gasteiger partial charge in [0.05, 0.1) is 24.5 Å². The molecule has 2 rings (SSSR count). The molecule has 6 nitrogen and oxygen atoms in total. The van der Waals surface area contributed by atoms with Crippen LogP contribution in [0, 0.1) is 0 Å². The summed E-state index contributed by atoms with van der Waals surface area (Å²) in [6.45, 7) is 5.76.